The fourth-order valence-electron chi connectivity index (χ4n) is 3.10. The van der Waals surface area contributed by atoms with Gasteiger partial charge in [0.15, 0.2) is 0 Å². The van der Waals surface area contributed by atoms with Crippen LogP contribution in [0.15, 0.2) is 30.3 Å². The molecule has 2 aliphatic rings. The van der Waals surface area contributed by atoms with Crippen LogP contribution < -0.4 is 0 Å². The summed E-state index contributed by atoms with van der Waals surface area (Å²) < 4.78 is 5.31. The Labute approximate surface area is 124 Å². The Balaban J connectivity index is 1.77. The lowest BCUT2D eigenvalue weighted by molar-refractivity contribution is -0.142. The molecule has 0 spiro atoms. The number of carbonyl (C=O) groups excluding carboxylic acids is 2. The van der Waals surface area contributed by atoms with Gasteiger partial charge in [0, 0.05) is 13.1 Å². The number of imide groups is 1. The third kappa shape index (κ3) is 2.71. The highest BCUT2D eigenvalue weighted by Crippen LogP contribution is 2.29. The molecule has 21 heavy (non-hydrogen) atoms. The quantitative estimate of drug-likeness (QED) is 0.784. The van der Waals surface area contributed by atoms with E-state index in [1.165, 1.54) is 4.90 Å². The van der Waals surface area contributed by atoms with Crippen molar-refractivity contribution < 1.29 is 14.3 Å². The molecule has 5 heteroatoms. The molecule has 2 fully saturated rings. The minimum atomic E-state index is -0.312. The lowest BCUT2D eigenvalue weighted by Crippen LogP contribution is -2.47. The number of amides is 2. The van der Waals surface area contributed by atoms with E-state index in [2.05, 4.69) is 4.90 Å². The van der Waals surface area contributed by atoms with Crippen LogP contribution in [0.4, 0.5) is 0 Å². The van der Waals surface area contributed by atoms with Crippen molar-refractivity contribution in [1.29, 1.82) is 0 Å². The van der Waals surface area contributed by atoms with Crippen molar-refractivity contribution in [3.63, 3.8) is 0 Å². The van der Waals surface area contributed by atoms with Gasteiger partial charge in [-0.1, -0.05) is 30.3 Å². The summed E-state index contributed by atoms with van der Waals surface area (Å²) in [7, 11) is 0. The Bertz CT molecular complexity index is 526. The number of benzene rings is 1. The third-order valence-corrected chi connectivity index (χ3v) is 4.31. The maximum atomic E-state index is 12.7. The van der Waals surface area contributed by atoms with E-state index >= 15 is 0 Å². The number of carbonyl (C=O) groups is 2. The maximum Gasteiger partial charge on any atom is 0.247 e. The summed E-state index contributed by atoms with van der Waals surface area (Å²) in [5.74, 6) is -0.147. The van der Waals surface area contributed by atoms with Crippen LogP contribution in [0.1, 0.15) is 24.9 Å². The molecular formula is C16H20N2O3. The van der Waals surface area contributed by atoms with Crippen LogP contribution in [0, 0.1) is 0 Å². The van der Waals surface area contributed by atoms with Gasteiger partial charge in [-0.3, -0.25) is 19.4 Å². The second kappa shape index (κ2) is 5.95. The first kappa shape index (κ1) is 14.2. The van der Waals surface area contributed by atoms with Crippen LogP contribution in [0.3, 0.4) is 0 Å². The Hall–Kier alpha value is -1.72. The predicted octanol–water partition coefficient (Wildman–Crippen LogP) is 1.21. The number of hydrogen-bond donors (Lipinski definition) is 0. The van der Waals surface area contributed by atoms with E-state index in [4.69, 9.17) is 4.74 Å². The van der Waals surface area contributed by atoms with Gasteiger partial charge in [0.05, 0.1) is 31.7 Å². The molecule has 2 heterocycles. The van der Waals surface area contributed by atoms with Gasteiger partial charge in [-0.05, 0) is 12.5 Å². The Morgan fingerprint density at radius 3 is 2.48 bits per heavy atom. The molecule has 0 radical (unpaired) electrons. The first-order valence-corrected chi connectivity index (χ1v) is 7.41. The van der Waals surface area contributed by atoms with Gasteiger partial charge in [0.25, 0.3) is 0 Å². The highest BCUT2D eigenvalue weighted by Gasteiger charge is 2.44. The molecule has 112 valence electrons. The van der Waals surface area contributed by atoms with Gasteiger partial charge in [0.2, 0.25) is 11.8 Å². The highest BCUT2D eigenvalue weighted by atomic mass is 16.5. The molecule has 2 unspecified atom stereocenters. The monoisotopic (exact) mass is 288 g/mol. The zero-order valence-electron chi connectivity index (χ0n) is 12.2. The van der Waals surface area contributed by atoms with Crippen LogP contribution >= 0.6 is 0 Å². The molecular weight excluding hydrogens is 268 g/mol. The number of morpholine rings is 1. The van der Waals surface area contributed by atoms with Gasteiger partial charge in [-0.15, -0.1) is 0 Å². The first-order valence-electron chi connectivity index (χ1n) is 7.41. The summed E-state index contributed by atoms with van der Waals surface area (Å²) in [6, 6.07) is 9.16. The van der Waals surface area contributed by atoms with Crippen LogP contribution in [0.25, 0.3) is 0 Å². The Kier molecular flexibility index (Phi) is 4.03. The second-order valence-corrected chi connectivity index (χ2v) is 5.56. The predicted molar refractivity (Wildman–Crippen MR) is 77.5 cm³/mol. The molecule has 0 aromatic heterocycles. The van der Waals surface area contributed by atoms with Gasteiger partial charge >= 0.3 is 0 Å². The maximum absolute atomic E-state index is 12.7. The molecule has 0 saturated carbocycles. The van der Waals surface area contributed by atoms with Gasteiger partial charge < -0.3 is 4.74 Å². The summed E-state index contributed by atoms with van der Waals surface area (Å²) >= 11 is 0. The van der Waals surface area contributed by atoms with E-state index in [1.807, 2.05) is 37.3 Å². The largest absolute Gasteiger partial charge is 0.379 e. The highest BCUT2D eigenvalue weighted by molar-refractivity contribution is 6.05. The van der Waals surface area contributed by atoms with E-state index < -0.39 is 0 Å². The van der Waals surface area contributed by atoms with Crippen molar-refractivity contribution in [3.8, 4) is 0 Å². The fourth-order valence-corrected chi connectivity index (χ4v) is 3.10. The molecule has 1 aromatic rings. The van der Waals surface area contributed by atoms with Crippen LogP contribution in [-0.2, 0) is 14.3 Å². The number of ether oxygens (including phenoxy) is 1. The SMILES string of the molecule is CC(c1ccccc1)N1C(=O)CC(N2CCOCC2)C1=O. The van der Waals surface area contributed by atoms with E-state index in [9.17, 15) is 9.59 Å². The average Bonchev–Trinajstić information content (AvgIpc) is 2.83. The summed E-state index contributed by atoms with van der Waals surface area (Å²) in [4.78, 5) is 28.4. The summed E-state index contributed by atoms with van der Waals surface area (Å²) in [6.07, 6.45) is 0.288. The van der Waals surface area contributed by atoms with Gasteiger partial charge in [-0.25, -0.2) is 0 Å². The first-order chi connectivity index (χ1) is 10.2. The van der Waals surface area contributed by atoms with Crippen molar-refractivity contribution in [1.82, 2.24) is 9.80 Å². The van der Waals surface area contributed by atoms with Crippen molar-refractivity contribution in [3.05, 3.63) is 35.9 Å². The number of rotatable bonds is 3. The van der Waals surface area contributed by atoms with Gasteiger partial charge in [-0.2, -0.15) is 0 Å². The summed E-state index contributed by atoms with van der Waals surface area (Å²) in [5, 5.41) is 0. The average molecular weight is 288 g/mol. The topological polar surface area (TPSA) is 49.9 Å². The third-order valence-electron chi connectivity index (χ3n) is 4.31. The standard InChI is InChI=1S/C16H20N2O3/c1-12(13-5-3-2-4-6-13)18-15(19)11-14(16(18)20)17-7-9-21-10-8-17/h2-6,12,14H,7-11H2,1H3. The van der Waals surface area contributed by atoms with E-state index in [0.29, 0.717) is 13.2 Å². The minimum absolute atomic E-state index is 0.0711. The van der Waals surface area contributed by atoms with Crippen molar-refractivity contribution >= 4 is 11.8 Å². The molecule has 2 amide bonds. The van der Waals surface area contributed by atoms with E-state index in [1.54, 1.807) is 0 Å². The van der Waals surface area contributed by atoms with Gasteiger partial charge in [0.1, 0.15) is 0 Å². The van der Waals surface area contributed by atoms with Crippen LogP contribution in [-0.4, -0.2) is 54.0 Å². The lowest BCUT2D eigenvalue weighted by Gasteiger charge is -2.31. The van der Waals surface area contributed by atoms with E-state index in [0.717, 1.165) is 18.7 Å². The molecule has 5 nitrogen and oxygen atoms in total. The fraction of sp³-hybridized carbons (Fsp3) is 0.500. The van der Waals surface area contributed by atoms with Crippen molar-refractivity contribution in [2.75, 3.05) is 26.3 Å². The number of likely N-dealkylation sites (tertiary alicyclic amines) is 1. The van der Waals surface area contributed by atoms with E-state index in [-0.39, 0.29) is 30.3 Å². The van der Waals surface area contributed by atoms with Crippen molar-refractivity contribution in [2.24, 2.45) is 0 Å². The Morgan fingerprint density at radius 2 is 1.81 bits per heavy atom. The molecule has 0 N–H and O–H groups in total. The number of hydrogen-bond acceptors (Lipinski definition) is 4. The summed E-state index contributed by atoms with van der Waals surface area (Å²) in [5.41, 5.74) is 0.988. The normalized spacial score (nSPS) is 25.4. The lowest BCUT2D eigenvalue weighted by atomic mass is 10.1. The minimum Gasteiger partial charge on any atom is -0.379 e. The molecule has 2 saturated heterocycles. The van der Waals surface area contributed by atoms with Crippen molar-refractivity contribution in [2.45, 2.75) is 25.4 Å². The summed E-state index contributed by atoms with van der Waals surface area (Å²) in [6.45, 7) is 4.61. The molecule has 0 aliphatic carbocycles. The number of nitrogens with zero attached hydrogens (tertiary/aromatic N) is 2. The molecule has 2 atom stereocenters. The second-order valence-electron chi connectivity index (χ2n) is 5.56. The Morgan fingerprint density at radius 1 is 1.14 bits per heavy atom. The smallest absolute Gasteiger partial charge is 0.247 e. The molecule has 0 bridgehead atoms. The van der Waals surface area contributed by atoms with Crippen LogP contribution in [0.5, 0.6) is 0 Å². The zero-order valence-corrected chi connectivity index (χ0v) is 12.2. The molecule has 3 rings (SSSR count). The molecule has 2 aliphatic heterocycles. The zero-order chi connectivity index (χ0) is 14.8. The molecule has 1 aromatic carbocycles. The van der Waals surface area contributed by atoms with Crippen LogP contribution in [0.2, 0.25) is 0 Å².